The lowest BCUT2D eigenvalue weighted by molar-refractivity contribution is -0.126. The molecule has 0 amide bonds. The van der Waals surface area contributed by atoms with Crippen LogP contribution >= 0.6 is 0 Å². The summed E-state index contributed by atoms with van der Waals surface area (Å²) in [5.74, 6) is 1.66. The van der Waals surface area contributed by atoms with Crippen LogP contribution in [0.2, 0.25) is 0 Å². The van der Waals surface area contributed by atoms with Crippen LogP contribution in [0.3, 0.4) is 0 Å². The molecule has 0 bridgehead atoms. The zero-order valence-corrected chi connectivity index (χ0v) is 13.1. The van der Waals surface area contributed by atoms with Crippen LogP contribution in [0.25, 0.3) is 0 Å². The average molecular weight is 303 g/mol. The van der Waals surface area contributed by atoms with Crippen LogP contribution < -0.4 is 4.90 Å². The number of anilines is 1. The molecular formula is C17H25N3O2. The summed E-state index contributed by atoms with van der Waals surface area (Å²) in [4.78, 5) is 11.2. The molecule has 2 aliphatic heterocycles. The summed E-state index contributed by atoms with van der Waals surface area (Å²) >= 11 is 0. The molecule has 1 saturated carbocycles. The highest BCUT2D eigenvalue weighted by atomic mass is 16.5. The van der Waals surface area contributed by atoms with Crippen molar-refractivity contribution in [3.63, 3.8) is 0 Å². The summed E-state index contributed by atoms with van der Waals surface area (Å²) in [7, 11) is 0. The predicted molar refractivity (Wildman–Crippen MR) is 83.8 cm³/mol. The van der Waals surface area contributed by atoms with Gasteiger partial charge in [0, 0.05) is 44.1 Å². The largest absolute Gasteiger partial charge is 0.380 e. The maximum absolute atomic E-state index is 6.10. The number of hydrogen-bond acceptors (Lipinski definition) is 5. The summed E-state index contributed by atoms with van der Waals surface area (Å²) < 4.78 is 12.2. The molecule has 22 heavy (non-hydrogen) atoms. The Balaban J connectivity index is 1.47. The Morgan fingerprint density at radius 1 is 1.27 bits per heavy atom. The zero-order chi connectivity index (χ0) is 14.8. The van der Waals surface area contributed by atoms with Gasteiger partial charge in [0.15, 0.2) is 0 Å². The fourth-order valence-electron chi connectivity index (χ4n) is 3.84. The fraction of sp³-hybridized carbons (Fsp3) is 0.765. The number of rotatable bonds is 5. The van der Waals surface area contributed by atoms with Crippen LogP contribution in [0.1, 0.15) is 32.1 Å². The molecule has 2 saturated heterocycles. The van der Waals surface area contributed by atoms with Crippen LogP contribution in [0.15, 0.2) is 18.5 Å². The third kappa shape index (κ3) is 2.97. The monoisotopic (exact) mass is 303 g/mol. The molecule has 5 nitrogen and oxygen atoms in total. The lowest BCUT2D eigenvalue weighted by Crippen LogP contribution is -2.57. The summed E-state index contributed by atoms with van der Waals surface area (Å²) in [5, 5.41) is 0. The van der Waals surface area contributed by atoms with E-state index >= 15 is 0 Å². The van der Waals surface area contributed by atoms with Crippen molar-refractivity contribution in [2.75, 3.05) is 37.8 Å². The summed E-state index contributed by atoms with van der Waals surface area (Å²) in [6.07, 6.45) is 10.0. The second-order valence-corrected chi connectivity index (χ2v) is 7.04. The summed E-state index contributed by atoms with van der Waals surface area (Å²) in [6.45, 7) is 4.57. The van der Waals surface area contributed by atoms with Gasteiger partial charge in [-0.3, -0.25) is 0 Å². The van der Waals surface area contributed by atoms with E-state index in [9.17, 15) is 0 Å². The highest BCUT2D eigenvalue weighted by Crippen LogP contribution is 2.41. The fourth-order valence-corrected chi connectivity index (χ4v) is 3.84. The third-order valence-electron chi connectivity index (χ3n) is 5.26. The van der Waals surface area contributed by atoms with Crippen molar-refractivity contribution >= 4 is 5.95 Å². The molecule has 3 aliphatic rings. The maximum Gasteiger partial charge on any atom is 0.225 e. The van der Waals surface area contributed by atoms with E-state index in [4.69, 9.17) is 9.47 Å². The van der Waals surface area contributed by atoms with Crippen LogP contribution in [-0.4, -0.2) is 49.0 Å². The Hall–Kier alpha value is -1.20. The molecule has 0 aromatic carbocycles. The minimum absolute atomic E-state index is 0.116. The molecule has 2 atom stereocenters. The molecule has 5 heteroatoms. The molecule has 3 heterocycles. The Morgan fingerprint density at radius 3 is 2.95 bits per heavy atom. The normalized spacial score (nSPS) is 31.8. The first kappa shape index (κ1) is 14.4. The van der Waals surface area contributed by atoms with E-state index in [0.29, 0.717) is 6.10 Å². The Morgan fingerprint density at radius 2 is 2.14 bits per heavy atom. The van der Waals surface area contributed by atoms with Crippen LogP contribution in [0.5, 0.6) is 0 Å². The minimum atomic E-state index is 0.116. The molecule has 0 radical (unpaired) electrons. The average Bonchev–Trinajstić information content (AvgIpc) is 3.39. The molecule has 120 valence electrons. The van der Waals surface area contributed by atoms with Crippen molar-refractivity contribution in [2.45, 2.75) is 38.2 Å². The van der Waals surface area contributed by atoms with Gasteiger partial charge < -0.3 is 14.4 Å². The van der Waals surface area contributed by atoms with E-state index in [-0.39, 0.29) is 5.41 Å². The zero-order valence-electron chi connectivity index (χ0n) is 13.1. The van der Waals surface area contributed by atoms with Crippen molar-refractivity contribution < 1.29 is 9.47 Å². The lowest BCUT2D eigenvalue weighted by atomic mass is 9.73. The van der Waals surface area contributed by atoms with Gasteiger partial charge in [0.1, 0.15) is 0 Å². The number of hydrogen-bond donors (Lipinski definition) is 0. The molecule has 1 aromatic heterocycles. The summed E-state index contributed by atoms with van der Waals surface area (Å²) in [6, 6.07) is 1.87. The van der Waals surface area contributed by atoms with Gasteiger partial charge in [-0.15, -0.1) is 0 Å². The van der Waals surface area contributed by atoms with Crippen LogP contribution in [-0.2, 0) is 9.47 Å². The van der Waals surface area contributed by atoms with Crippen molar-refractivity contribution in [2.24, 2.45) is 11.3 Å². The Labute approximate surface area is 132 Å². The molecule has 0 N–H and O–H groups in total. The van der Waals surface area contributed by atoms with Crippen molar-refractivity contribution in [3.8, 4) is 0 Å². The Bertz CT molecular complexity index is 494. The van der Waals surface area contributed by atoms with E-state index in [0.717, 1.165) is 57.6 Å². The first-order valence-corrected chi connectivity index (χ1v) is 8.57. The van der Waals surface area contributed by atoms with Gasteiger partial charge in [-0.2, -0.15) is 0 Å². The molecule has 1 aromatic rings. The predicted octanol–water partition coefficient (Wildman–Crippen LogP) is 2.28. The third-order valence-corrected chi connectivity index (χ3v) is 5.26. The lowest BCUT2D eigenvalue weighted by Gasteiger charge is -2.50. The van der Waals surface area contributed by atoms with E-state index in [2.05, 4.69) is 14.9 Å². The highest BCUT2D eigenvalue weighted by Gasteiger charge is 2.47. The number of aromatic nitrogens is 2. The van der Waals surface area contributed by atoms with Gasteiger partial charge in [-0.25, -0.2) is 9.97 Å². The molecule has 1 aliphatic carbocycles. The molecule has 0 unspecified atom stereocenters. The Kier molecular flexibility index (Phi) is 4.01. The van der Waals surface area contributed by atoms with Gasteiger partial charge in [-0.05, 0) is 44.1 Å². The van der Waals surface area contributed by atoms with Gasteiger partial charge in [0.25, 0.3) is 0 Å². The topological polar surface area (TPSA) is 47.5 Å². The maximum atomic E-state index is 6.10. The molecular weight excluding hydrogens is 278 g/mol. The second kappa shape index (κ2) is 6.13. The van der Waals surface area contributed by atoms with Crippen molar-refractivity contribution in [3.05, 3.63) is 18.5 Å². The van der Waals surface area contributed by atoms with Gasteiger partial charge >= 0.3 is 0 Å². The standard InChI is InChI=1S/C17H25N3O2/c1-6-17(13-21-11-14-3-4-14)12-20(9-5-15(17)22-10-1)16-18-7-2-8-19-16/h2,7-8,14-15H,1,3-6,9-13H2/t15-,17+/m1/s1. The first-order chi connectivity index (χ1) is 10.9. The smallest absolute Gasteiger partial charge is 0.225 e. The van der Waals surface area contributed by atoms with Gasteiger partial charge in [0.2, 0.25) is 5.95 Å². The van der Waals surface area contributed by atoms with Gasteiger partial charge in [-0.1, -0.05) is 0 Å². The highest BCUT2D eigenvalue weighted by molar-refractivity contribution is 5.31. The van der Waals surface area contributed by atoms with E-state index in [1.807, 2.05) is 18.5 Å². The quantitative estimate of drug-likeness (QED) is 0.835. The number of ether oxygens (including phenoxy) is 2. The van der Waals surface area contributed by atoms with E-state index in [1.54, 1.807) is 0 Å². The molecule has 4 rings (SSSR count). The SMILES string of the molecule is c1cnc(N2CC[C@H]3OCCC[C@@]3(COCC3CC3)C2)nc1. The first-order valence-electron chi connectivity index (χ1n) is 8.57. The minimum Gasteiger partial charge on any atom is -0.380 e. The summed E-state index contributed by atoms with van der Waals surface area (Å²) in [5.41, 5.74) is 0.116. The molecule has 3 fully saturated rings. The second-order valence-electron chi connectivity index (χ2n) is 7.04. The number of piperidine rings is 1. The van der Waals surface area contributed by atoms with Crippen molar-refractivity contribution in [1.29, 1.82) is 0 Å². The van der Waals surface area contributed by atoms with E-state index in [1.165, 1.54) is 19.3 Å². The van der Waals surface area contributed by atoms with Crippen molar-refractivity contribution in [1.82, 2.24) is 9.97 Å². The van der Waals surface area contributed by atoms with Crippen LogP contribution in [0.4, 0.5) is 5.95 Å². The molecule has 0 spiro atoms. The van der Waals surface area contributed by atoms with E-state index < -0.39 is 0 Å². The van der Waals surface area contributed by atoms with Crippen LogP contribution in [0, 0.1) is 11.3 Å². The van der Waals surface area contributed by atoms with Gasteiger partial charge in [0.05, 0.1) is 12.7 Å². The number of fused-ring (bicyclic) bond motifs is 1. The number of nitrogens with zero attached hydrogens (tertiary/aromatic N) is 3.